The predicted octanol–water partition coefficient (Wildman–Crippen LogP) is 2.54. The molecule has 0 radical (unpaired) electrons. The van der Waals surface area contributed by atoms with Crippen molar-refractivity contribution in [3.8, 4) is 0 Å². The van der Waals surface area contributed by atoms with Crippen molar-refractivity contribution in [2.45, 2.75) is 13.5 Å². The first-order valence-electron chi connectivity index (χ1n) is 6.10. The molecule has 0 aliphatic carbocycles. The summed E-state index contributed by atoms with van der Waals surface area (Å²) in [6.45, 7) is 3.74. The van der Waals surface area contributed by atoms with Gasteiger partial charge in [0.25, 0.3) is 0 Å². The Kier molecular flexibility index (Phi) is 4.12. The molecule has 0 amide bonds. The lowest BCUT2D eigenvalue weighted by molar-refractivity contribution is 0.891. The van der Waals surface area contributed by atoms with E-state index in [1.807, 2.05) is 37.5 Å². The minimum absolute atomic E-state index is 0.802. The molecule has 0 unspecified atom stereocenters. The number of aromatic nitrogens is 2. The molecule has 0 atom stereocenters. The molecule has 4 nitrogen and oxygen atoms in total. The zero-order valence-electron chi connectivity index (χ0n) is 10.8. The molecule has 0 spiro atoms. The van der Waals surface area contributed by atoms with E-state index in [4.69, 9.17) is 0 Å². The largest absolute Gasteiger partial charge is 0.370 e. The predicted molar refractivity (Wildman–Crippen MR) is 74.7 cm³/mol. The molecule has 2 heterocycles. The molecule has 4 heteroatoms. The maximum atomic E-state index is 4.55. The van der Waals surface area contributed by atoms with Crippen molar-refractivity contribution in [2.24, 2.45) is 0 Å². The molecule has 1 N–H and O–H groups in total. The highest BCUT2D eigenvalue weighted by atomic mass is 15.2. The fraction of sp³-hybridized carbons (Fsp3) is 0.286. The minimum Gasteiger partial charge on any atom is -0.370 e. The van der Waals surface area contributed by atoms with Gasteiger partial charge < -0.3 is 10.2 Å². The van der Waals surface area contributed by atoms with Crippen LogP contribution < -0.4 is 10.2 Å². The quantitative estimate of drug-likeness (QED) is 0.874. The smallest absolute Gasteiger partial charge is 0.130 e. The van der Waals surface area contributed by atoms with E-state index in [0.29, 0.717) is 0 Å². The van der Waals surface area contributed by atoms with Crippen molar-refractivity contribution in [1.82, 2.24) is 9.97 Å². The summed E-state index contributed by atoms with van der Waals surface area (Å²) < 4.78 is 0. The van der Waals surface area contributed by atoms with Crippen LogP contribution in [-0.4, -0.2) is 23.6 Å². The second-order valence-corrected chi connectivity index (χ2v) is 4.13. The first-order chi connectivity index (χ1) is 8.79. The van der Waals surface area contributed by atoms with Crippen LogP contribution in [0.2, 0.25) is 0 Å². The van der Waals surface area contributed by atoms with Crippen LogP contribution in [0, 0.1) is 0 Å². The summed E-state index contributed by atoms with van der Waals surface area (Å²) >= 11 is 0. The summed E-state index contributed by atoms with van der Waals surface area (Å²) in [7, 11) is 2.03. The van der Waals surface area contributed by atoms with Crippen molar-refractivity contribution < 1.29 is 0 Å². The average molecular weight is 242 g/mol. The Morgan fingerprint density at radius 3 is 2.83 bits per heavy atom. The van der Waals surface area contributed by atoms with Crippen molar-refractivity contribution in [2.75, 3.05) is 23.8 Å². The molecule has 0 aliphatic heterocycles. The molecule has 0 saturated heterocycles. The standard InChI is InChI=1S/C14H18N4/c1-3-16-13-7-4-8-14(17-13)18(2)11-12-6-5-9-15-10-12/h4-10H,3,11H2,1-2H3,(H,16,17). The van der Waals surface area contributed by atoms with E-state index in [-0.39, 0.29) is 0 Å². The number of pyridine rings is 2. The average Bonchev–Trinajstić information content (AvgIpc) is 2.40. The summed E-state index contributed by atoms with van der Waals surface area (Å²) in [5.74, 6) is 1.87. The van der Waals surface area contributed by atoms with E-state index < -0.39 is 0 Å². The van der Waals surface area contributed by atoms with Gasteiger partial charge in [-0.25, -0.2) is 4.98 Å². The van der Waals surface area contributed by atoms with Crippen LogP contribution in [0.25, 0.3) is 0 Å². The molecule has 0 aliphatic rings. The molecular formula is C14H18N4. The Morgan fingerprint density at radius 1 is 1.22 bits per heavy atom. The summed E-state index contributed by atoms with van der Waals surface area (Å²) in [6.07, 6.45) is 3.66. The summed E-state index contributed by atoms with van der Waals surface area (Å²) in [6, 6.07) is 10.0. The Hall–Kier alpha value is -2.10. The van der Waals surface area contributed by atoms with Gasteiger partial charge in [0.1, 0.15) is 11.6 Å². The lowest BCUT2D eigenvalue weighted by atomic mass is 10.2. The summed E-state index contributed by atoms with van der Waals surface area (Å²) in [5, 5.41) is 3.22. The number of hydrogen-bond acceptors (Lipinski definition) is 4. The van der Waals surface area contributed by atoms with Crippen molar-refractivity contribution in [1.29, 1.82) is 0 Å². The van der Waals surface area contributed by atoms with Gasteiger partial charge in [0.15, 0.2) is 0 Å². The van der Waals surface area contributed by atoms with Crippen LogP contribution >= 0.6 is 0 Å². The minimum atomic E-state index is 0.802. The number of anilines is 2. The van der Waals surface area contributed by atoms with Crippen LogP contribution in [-0.2, 0) is 6.54 Å². The number of hydrogen-bond donors (Lipinski definition) is 1. The monoisotopic (exact) mass is 242 g/mol. The normalized spacial score (nSPS) is 10.1. The molecule has 94 valence electrons. The number of nitrogens with one attached hydrogen (secondary N) is 1. The van der Waals surface area contributed by atoms with Gasteiger partial charge in [-0.3, -0.25) is 4.98 Å². The zero-order valence-corrected chi connectivity index (χ0v) is 10.8. The van der Waals surface area contributed by atoms with Gasteiger partial charge in [0, 0.05) is 32.5 Å². The second kappa shape index (κ2) is 6.00. The highest BCUT2D eigenvalue weighted by molar-refractivity contribution is 5.46. The fourth-order valence-corrected chi connectivity index (χ4v) is 1.76. The Balaban J connectivity index is 2.08. The molecule has 2 aromatic rings. The summed E-state index contributed by atoms with van der Waals surface area (Å²) in [5.41, 5.74) is 1.18. The van der Waals surface area contributed by atoms with E-state index in [1.54, 1.807) is 6.20 Å². The SMILES string of the molecule is CCNc1cccc(N(C)Cc2cccnc2)n1. The van der Waals surface area contributed by atoms with Gasteiger partial charge in [-0.1, -0.05) is 12.1 Å². The van der Waals surface area contributed by atoms with Crippen LogP contribution in [0.4, 0.5) is 11.6 Å². The van der Waals surface area contributed by atoms with Gasteiger partial charge in [-0.05, 0) is 30.7 Å². The summed E-state index contributed by atoms with van der Waals surface area (Å²) in [4.78, 5) is 10.8. The highest BCUT2D eigenvalue weighted by Crippen LogP contribution is 2.15. The molecular weight excluding hydrogens is 224 g/mol. The Morgan fingerprint density at radius 2 is 2.11 bits per heavy atom. The molecule has 2 aromatic heterocycles. The van der Waals surface area contributed by atoms with Crippen LogP contribution in [0.3, 0.4) is 0 Å². The Labute approximate surface area is 108 Å². The first-order valence-corrected chi connectivity index (χ1v) is 6.10. The molecule has 0 fully saturated rings. The van der Waals surface area contributed by atoms with E-state index >= 15 is 0 Å². The lowest BCUT2D eigenvalue weighted by Crippen LogP contribution is -2.18. The van der Waals surface area contributed by atoms with Gasteiger partial charge in [0.2, 0.25) is 0 Å². The van der Waals surface area contributed by atoms with Crippen LogP contribution in [0.5, 0.6) is 0 Å². The highest BCUT2D eigenvalue weighted by Gasteiger charge is 2.04. The van der Waals surface area contributed by atoms with Crippen LogP contribution in [0.15, 0.2) is 42.7 Å². The molecule has 18 heavy (non-hydrogen) atoms. The Bertz CT molecular complexity index is 484. The fourth-order valence-electron chi connectivity index (χ4n) is 1.76. The van der Waals surface area contributed by atoms with Gasteiger partial charge in [-0.15, -0.1) is 0 Å². The van der Waals surface area contributed by atoms with Gasteiger partial charge in [0.05, 0.1) is 0 Å². The number of nitrogens with zero attached hydrogens (tertiary/aromatic N) is 3. The molecule has 2 rings (SSSR count). The first kappa shape index (κ1) is 12.4. The maximum Gasteiger partial charge on any atom is 0.130 e. The molecule has 0 saturated carbocycles. The third-order valence-corrected chi connectivity index (χ3v) is 2.63. The van der Waals surface area contributed by atoms with Crippen molar-refractivity contribution in [3.05, 3.63) is 48.3 Å². The third-order valence-electron chi connectivity index (χ3n) is 2.63. The van der Waals surface area contributed by atoms with E-state index in [0.717, 1.165) is 24.7 Å². The lowest BCUT2D eigenvalue weighted by Gasteiger charge is -2.18. The van der Waals surface area contributed by atoms with Crippen LogP contribution in [0.1, 0.15) is 12.5 Å². The van der Waals surface area contributed by atoms with Crippen molar-refractivity contribution >= 4 is 11.6 Å². The van der Waals surface area contributed by atoms with Crippen molar-refractivity contribution in [3.63, 3.8) is 0 Å². The van der Waals surface area contributed by atoms with Gasteiger partial charge in [-0.2, -0.15) is 0 Å². The van der Waals surface area contributed by atoms with E-state index in [1.165, 1.54) is 5.56 Å². The van der Waals surface area contributed by atoms with Gasteiger partial charge >= 0.3 is 0 Å². The third kappa shape index (κ3) is 3.20. The van der Waals surface area contributed by atoms with E-state index in [9.17, 15) is 0 Å². The molecule has 0 bridgehead atoms. The second-order valence-electron chi connectivity index (χ2n) is 4.13. The molecule has 0 aromatic carbocycles. The number of rotatable bonds is 5. The van der Waals surface area contributed by atoms with E-state index in [2.05, 4.69) is 33.2 Å². The zero-order chi connectivity index (χ0) is 12.8. The maximum absolute atomic E-state index is 4.55. The topological polar surface area (TPSA) is 41.0 Å².